The summed E-state index contributed by atoms with van der Waals surface area (Å²) in [6.07, 6.45) is -4.11. The Morgan fingerprint density at radius 3 is 2.44 bits per heavy atom. The lowest BCUT2D eigenvalue weighted by molar-refractivity contribution is -0.139. The van der Waals surface area contributed by atoms with Crippen LogP contribution in [0.4, 0.5) is 13.2 Å². The predicted octanol–water partition coefficient (Wildman–Crippen LogP) is 3.68. The highest BCUT2D eigenvalue weighted by atomic mass is 19.4. The smallest absolute Gasteiger partial charge is 0.419 e. The summed E-state index contributed by atoms with van der Waals surface area (Å²) in [6, 6.07) is 4.14. The van der Waals surface area contributed by atoms with Gasteiger partial charge in [0, 0.05) is 7.11 Å². The van der Waals surface area contributed by atoms with Crippen molar-refractivity contribution < 1.29 is 22.6 Å². The fourth-order valence-electron chi connectivity index (χ4n) is 1.42. The van der Waals surface area contributed by atoms with Gasteiger partial charge in [0.15, 0.2) is 0 Å². The van der Waals surface area contributed by atoms with Gasteiger partial charge in [0.1, 0.15) is 12.4 Å². The molecular formula is C13H17F3O2. The van der Waals surface area contributed by atoms with Crippen molar-refractivity contribution in [1.29, 1.82) is 0 Å². The second-order valence-corrected chi connectivity index (χ2v) is 4.04. The minimum absolute atomic E-state index is 0.0883. The Labute approximate surface area is 105 Å². The molecule has 0 fully saturated rings. The molecule has 1 aromatic rings. The summed E-state index contributed by atoms with van der Waals surface area (Å²) in [6.45, 7) is 3.63. The van der Waals surface area contributed by atoms with Crippen molar-refractivity contribution in [3.8, 4) is 5.75 Å². The van der Waals surface area contributed by atoms with Crippen LogP contribution in [0.15, 0.2) is 18.2 Å². The molecule has 0 bridgehead atoms. The number of rotatable bonds is 5. The third kappa shape index (κ3) is 3.91. The Hall–Kier alpha value is -1.23. The lowest BCUT2D eigenvalue weighted by Crippen LogP contribution is -2.18. The quantitative estimate of drug-likeness (QED) is 0.805. The zero-order chi connectivity index (χ0) is 13.8. The molecule has 1 aromatic carbocycles. The molecule has 0 aliphatic rings. The van der Waals surface area contributed by atoms with Crippen LogP contribution < -0.4 is 4.74 Å². The second-order valence-electron chi connectivity index (χ2n) is 4.04. The fraction of sp³-hybridized carbons (Fsp3) is 0.538. The lowest BCUT2D eigenvalue weighted by Gasteiger charge is -2.17. The van der Waals surface area contributed by atoms with Crippen molar-refractivity contribution in [2.24, 2.45) is 0 Å². The molecule has 1 atom stereocenters. The van der Waals surface area contributed by atoms with Crippen LogP contribution in [0.2, 0.25) is 0 Å². The maximum Gasteiger partial charge on any atom is 0.419 e. The molecule has 5 heteroatoms. The Balaban J connectivity index is 2.96. The van der Waals surface area contributed by atoms with Crippen molar-refractivity contribution in [2.45, 2.75) is 32.5 Å². The maximum atomic E-state index is 12.9. The highest BCUT2D eigenvalue weighted by Crippen LogP contribution is 2.37. The SMILES string of the molecule is CCc1ccc(OC[C@H](C)OC)c(C(F)(F)F)c1. The number of benzene rings is 1. The summed E-state index contributed by atoms with van der Waals surface area (Å²) in [7, 11) is 1.48. The Morgan fingerprint density at radius 2 is 1.94 bits per heavy atom. The fourth-order valence-corrected chi connectivity index (χ4v) is 1.42. The molecule has 0 radical (unpaired) electrons. The van der Waals surface area contributed by atoms with Crippen molar-refractivity contribution in [1.82, 2.24) is 0 Å². The van der Waals surface area contributed by atoms with E-state index in [4.69, 9.17) is 9.47 Å². The van der Waals surface area contributed by atoms with Gasteiger partial charge in [-0.1, -0.05) is 13.0 Å². The van der Waals surface area contributed by atoms with E-state index in [9.17, 15) is 13.2 Å². The largest absolute Gasteiger partial charge is 0.490 e. The zero-order valence-electron chi connectivity index (χ0n) is 10.7. The standard InChI is InChI=1S/C13H17F3O2/c1-4-10-5-6-12(18-8-9(2)17-3)11(7-10)13(14,15)16/h5-7,9H,4,8H2,1-3H3/t9-/m0/s1. The first kappa shape index (κ1) is 14.8. The normalized spacial score (nSPS) is 13.4. The number of ether oxygens (including phenoxy) is 2. The van der Waals surface area contributed by atoms with Crippen molar-refractivity contribution in [2.75, 3.05) is 13.7 Å². The van der Waals surface area contributed by atoms with Crippen LogP contribution >= 0.6 is 0 Å². The molecule has 0 aliphatic heterocycles. The van der Waals surface area contributed by atoms with E-state index in [-0.39, 0.29) is 18.5 Å². The monoisotopic (exact) mass is 262 g/mol. The van der Waals surface area contributed by atoms with Crippen LogP contribution in [0.25, 0.3) is 0 Å². The van der Waals surface area contributed by atoms with Gasteiger partial charge in [0.2, 0.25) is 0 Å². The van der Waals surface area contributed by atoms with Crippen LogP contribution in [0.1, 0.15) is 25.0 Å². The van der Waals surface area contributed by atoms with Gasteiger partial charge in [-0.2, -0.15) is 13.2 Å². The van der Waals surface area contributed by atoms with E-state index in [0.29, 0.717) is 12.0 Å². The maximum absolute atomic E-state index is 12.9. The first-order valence-electron chi connectivity index (χ1n) is 5.74. The molecule has 0 amide bonds. The van der Waals surface area contributed by atoms with E-state index in [2.05, 4.69) is 0 Å². The Kier molecular flexibility index (Phi) is 5.02. The number of alkyl halides is 3. The molecule has 0 saturated heterocycles. The molecule has 0 saturated carbocycles. The zero-order valence-corrected chi connectivity index (χ0v) is 10.7. The van der Waals surface area contributed by atoms with Crippen molar-refractivity contribution >= 4 is 0 Å². The first-order valence-corrected chi connectivity index (χ1v) is 5.74. The van der Waals surface area contributed by atoms with Gasteiger partial charge in [-0.05, 0) is 31.0 Å². The molecule has 0 N–H and O–H groups in total. The molecule has 1 rings (SSSR count). The minimum Gasteiger partial charge on any atom is -0.490 e. The Morgan fingerprint density at radius 1 is 1.28 bits per heavy atom. The molecule has 102 valence electrons. The second kappa shape index (κ2) is 6.09. The van der Waals surface area contributed by atoms with E-state index < -0.39 is 11.7 Å². The summed E-state index contributed by atoms with van der Waals surface area (Å²) in [4.78, 5) is 0. The van der Waals surface area contributed by atoms with Gasteiger partial charge in [0.05, 0.1) is 11.7 Å². The molecule has 0 heterocycles. The number of hydrogen-bond donors (Lipinski definition) is 0. The van der Waals surface area contributed by atoms with Crippen LogP contribution in [-0.2, 0) is 17.3 Å². The van der Waals surface area contributed by atoms with E-state index in [1.165, 1.54) is 13.2 Å². The van der Waals surface area contributed by atoms with E-state index in [1.54, 1.807) is 13.0 Å². The van der Waals surface area contributed by atoms with Crippen molar-refractivity contribution in [3.63, 3.8) is 0 Å². The number of aryl methyl sites for hydroxylation is 1. The predicted molar refractivity (Wildman–Crippen MR) is 62.8 cm³/mol. The molecule has 18 heavy (non-hydrogen) atoms. The molecule has 0 unspecified atom stereocenters. The van der Waals surface area contributed by atoms with Gasteiger partial charge < -0.3 is 9.47 Å². The summed E-state index contributed by atoms with van der Waals surface area (Å²) in [5, 5.41) is 0. The van der Waals surface area contributed by atoms with Crippen molar-refractivity contribution in [3.05, 3.63) is 29.3 Å². The number of halogens is 3. The lowest BCUT2D eigenvalue weighted by atomic mass is 10.1. The summed E-state index contributed by atoms with van der Waals surface area (Å²) in [5.41, 5.74) is -0.0976. The minimum atomic E-state index is -4.41. The highest BCUT2D eigenvalue weighted by molar-refractivity contribution is 5.39. The van der Waals surface area contributed by atoms with Crippen LogP contribution in [-0.4, -0.2) is 19.8 Å². The third-order valence-electron chi connectivity index (χ3n) is 2.63. The third-order valence-corrected chi connectivity index (χ3v) is 2.63. The topological polar surface area (TPSA) is 18.5 Å². The molecule has 0 spiro atoms. The molecule has 0 aliphatic carbocycles. The van der Waals surface area contributed by atoms with Crippen LogP contribution in [0.3, 0.4) is 0 Å². The number of hydrogen-bond acceptors (Lipinski definition) is 2. The molecule has 0 aromatic heterocycles. The van der Waals surface area contributed by atoms with E-state index in [1.807, 2.05) is 6.92 Å². The first-order chi connectivity index (χ1) is 8.38. The molecular weight excluding hydrogens is 245 g/mol. The molecule has 2 nitrogen and oxygen atoms in total. The average Bonchev–Trinajstić information content (AvgIpc) is 2.34. The highest BCUT2D eigenvalue weighted by Gasteiger charge is 2.34. The van der Waals surface area contributed by atoms with Crippen LogP contribution in [0.5, 0.6) is 5.75 Å². The summed E-state index contributed by atoms with van der Waals surface area (Å²) >= 11 is 0. The summed E-state index contributed by atoms with van der Waals surface area (Å²) in [5.74, 6) is -0.149. The van der Waals surface area contributed by atoms with Gasteiger partial charge in [-0.25, -0.2) is 0 Å². The van der Waals surface area contributed by atoms with Crippen LogP contribution in [0, 0.1) is 0 Å². The van der Waals surface area contributed by atoms with E-state index in [0.717, 1.165) is 6.07 Å². The average molecular weight is 262 g/mol. The summed E-state index contributed by atoms with van der Waals surface area (Å²) < 4.78 is 48.7. The number of methoxy groups -OCH3 is 1. The van der Waals surface area contributed by atoms with Gasteiger partial charge in [0.25, 0.3) is 0 Å². The Bertz CT molecular complexity index is 388. The van der Waals surface area contributed by atoms with Gasteiger partial charge >= 0.3 is 6.18 Å². The van der Waals surface area contributed by atoms with Gasteiger partial charge in [-0.15, -0.1) is 0 Å². The van der Waals surface area contributed by atoms with Gasteiger partial charge in [-0.3, -0.25) is 0 Å². The van der Waals surface area contributed by atoms with E-state index >= 15 is 0 Å².